The molecule has 1 aliphatic carbocycles. The van der Waals surface area contributed by atoms with Crippen LogP contribution in [0.15, 0.2) is 35.1 Å². The third-order valence-electron chi connectivity index (χ3n) is 6.39. The fourth-order valence-electron chi connectivity index (χ4n) is 4.78. The van der Waals surface area contributed by atoms with Gasteiger partial charge in [-0.1, -0.05) is 30.3 Å². The van der Waals surface area contributed by atoms with Gasteiger partial charge in [-0.2, -0.15) is 0 Å². The molecule has 0 radical (unpaired) electrons. The molecule has 5 heteroatoms. The van der Waals surface area contributed by atoms with E-state index in [4.69, 9.17) is 4.98 Å². The first-order valence-corrected chi connectivity index (χ1v) is 11.4. The molecule has 3 heterocycles. The van der Waals surface area contributed by atoms with Gasteiger partial charge >= 0.3 is 0 Å². The first kappa shape index (κ1) is 18.1. The van der Waals surface area contributed by atoms with Crippen LogP contribution in [0.3, 0.4) is 0 Å². The number of aryl methyl sites for hydroxylation is 3. The van der Waals surface area contributed by atoms with Crippen molar-refractivity contribution in [2.45, 2.75) is 51.5 Å². The molecular weight excluding hydrogens is 366 g/mol. The van der Waals surface area contributed by atoms with Crippen LogP contribution in [0.25, 0.3) is 10.2 Å². The molecule has 3 aromatic rings. The highest BCUT2D eigenvalue weighted by Crippen LogP contribution is 2.34. The standard InChI is InChI=1S/C23H27N3OS/c27-22-21-18-7-4-8-19(18)28-23(21)25-20(24-22)15-26-13-11-17(12-14-26)10-9-16-5-2-1-3-6-16/h1-3,5-6,17H,4,7-15H2,(H,24,25,27). The number of hydrogen-bond acceptors (Lipinski definition) is 4. The molecule has 1 N–H and O–H groups in total. The van der Waals surface area contributed by atoms with E-state index in [0.29, 0.717) is 0 Å². The van der Waals surface area contributed by atoms with Crippen molar-refractivity contribution < 1.29 is 0 Å². The summed E-state index contributed by atoms with van der Waals surface area (Å²) in [6.45, 7) is 2.96. The number of hydrogen-bond donors (Lipinski definition) is 1. The average molecular weight is 394 g/mol. The lowest BCUT2D eigenvalue weighted by molar-refractivity contribution is 0.169. The van der Waals surface area contributed by atoms with Crippen molar-refractivity contribution in [3.05, 3.63) is 62.5 Å². The summed E-state index contributed by atoms with van der Waals surface area (Å²) >= 11 is 1.73. The second kappa shape index (κ2) is 7.80. The fourth-order valence-corrected chi connectivity index (χ4v) is 6.06. The number of H-pyrrole nitrogens is 1. The average Bonchev–Trinajstić information content (AvgIpc) is 3.29. The predicted octanol–water partition coefficient (Wildman–Crippen LogP) is 4.32. The van der Waals surface area contributed by atoms with Crippen molar-refractivity contribution >= 4 is 21.6 Å². The number of rotatable bonds is 5. The van der Waals surface area contributed by atoms with Crippen LogP contribution < -0.4 is 5.56 Å². The quantitative estimate of drug-likeness (QED) is 0.702. The molecule has 2 aliphatic rings. The normalized spacial score (nSPS) is 18.0. The third kappa shape index (κ3) is 3.65. The van der Waals surface area contributed by atoms with Crippen molar-refractivity contribution in [2.24, 2.45) is 5.92 Å². The van der Waals surface area contributed by atoms with Gasteiger partial charge in [0.25, 0.3) is 5.56 Å². The van der Waals surface area contributed by atoms with Gasteiger partial charge < -0.3 is 4.98 Å². The number of fused-ring (bicyclic) bond motifs is 3. The van der Waals surface area contributed by atoms with Gasteiger partial charge in [-0.15, -0.1) is 11.3 Å². The number of nitrogens with one attached hydrogen (secondary N) is 1. The van der Waals surface area contributed by atoms with E-state index in [1.54, 1.807) is 11.3 Å². The highest BCUT2D eigenvalue weighted by atomic mass is 32.1. The van der Waals surface area contributed by atoms with Gasteiger partial charge in [0.05, 0.1) is 11.9 Å². The van der Waals surface area contributed by atoms with Gasteiger partial charge in [-0.05, 0) is 75.1 Å². The van der Waals surface area contributed by atoms with Crippen LogP contribution in [0.5, 0.6) is 0 Å². The molecule has 4 nitrogen and oxygen atoms in total. The third-order valence-corrected chi connectivity index (χ3v) is 7.57. The Morgan fingerprint density at radius 3 is 2.79 bits per heavy atom. The first-order valence-electron chi connectivity index (χ1n) is 10.6. The maximum absolute atomic E-state index is 12.6. The minimum Gasteiger partial charge on any atom is -0.309 e. The molecule has 1 aliphatic heterocycles. The summed E-state index contributed by atoms with van der Waals surface area (Å²) in [7, 11) is 0. The Bertz CT molecular complexity index is 1020. The zero-order chi connectivity index (χ0) is 18.9. The van der Waals surface area contributed by atoms with E-state index in [9.17, 15) is 4.79 Å². The van der Waals surface area contributed by atoms with Gasteiger partial charge in [0.15, 0.2) is 0 Å². The molecule has 146 valence electrons. The van der Waals surface area contributed by atoms with Crippen LogP contribution in [-0.4, -0.2) is 28.0 Å². The Labute approximate surface area is 169 Å². The van der Waals surface area contributed by atoms with Crippen molar-refractivity contribution in [3.8, 4) is 0 Å². The monoisotopic (exact) mass is 393 g/mol. The SMILES string of the molecule is O=c1[nH]c(CN2CCC(CCc3ccccc3)CC2)nc2sc3c(c12)CCC3. The van der Waals surface area contributed by atoms with E-state index in [0.717, 1.165) is 54.4 Å². The Balaban J connectivity index is 1.19. The number of nitrogens with zero attached hydrogens (tertiary/aromatic N) is 2. The fraction of sp³-hybridized carbons (Fsp3) is 0.478. The van der Waals surface area contributed by atoms with E-state index in [2.05, 4.69) is 40.2 Å². The van der Waals surface area contributed by atoms with Gasteiger partial charge in [-0.3, -0.25) is 9.69 Å². The van der Waals surface area contributed by atoms with Gasteiger partial charge in [0, 0.05) is 4.88 Å². The number of benzene rings is 1. The summed E-state index contributed by atoms with van der Waals surface area (Å²) in [6.07, 6.45) is 8.27. The van der Waals surface area contributed by atoms with Crippen LogP contribution >= 0.6 is 11.3 Å². The predicted molar refractivity (Wildman–Crippen MR) is 115 cm³/mol. The zero-order valence-corrected chi connectivity index (χ0v) is 17.1. The molecule has 0 amide bonds. The second-order valence-corrected chi connectivity index (χ2v) is 9.38. The topological polar surface area (TPSA) is 49.0 Å². The highest BCUT2D eigenvalue weighted by molar-refractivity contribution is 7.18. The van der Waals surface area contributed by atoms with Crippen LogP contribution in [-0.2, 0) is 25.8 Å². The summed E-state index contributed by atoms with van der Waals surface area (Å²) in [5.41, 5.74) is 2.78. The van der Waals surface area contributed by atoms with E-state index < -0.39 is 0 Å². The molecule has 1 saturated heterocycles. The van der Waals surface area contributed by atoms with E-state index in [1.165, 1.54) is 48.1 Å². The molecule has 0 unspecified atom stereocenters. The van der Waals surface area contributed by atoms with Crippen LogP contribution in [0, 0.1) is 5.92 Å². The molecule has 1 fully saturated rings. The molecule has 0 atom stereocenters. The number of piperidine rings is 1. The number of aromatic nitrogens is 2. The molecule has 28 heavy (non-hydrogen) atoms. The Hall–Kier alpha value is -1.98. The molecule has 0 bridgehead atoms. The first-order chi connectivity index (χ1) is 13.8. The van der Waals surface area contributed by atoms with Gasteiger partial charge in [0.2, 0.25) is 0 Å². The van der Waals surface area contributed by atoms with Crippen molar-refractivity contribution in [3.63, 3.8) is 0 Å². The summed E-state index contributed by atoms with van der Waals surface area (Å²) in [4.78, 5) is 25.3. The molecule has 0 spiro atoms. The van der Waals surface area contributed by atoms with Crippen molar-refractivity contribution in [1.29, 1.82) is 0 Å². The lowest BCUT2D eigenvalue weighted by Crippen LogP contribution is -2.34. The Morgan fingerprint density at radius 2 is 1.96 bits per heavy atom. The van der Waals surface area contributed by atoms with Crippen LogP contribution in [0.4, 0.5) is 0 Å². The minimum absolute atomic E-state index is 0.0668. The Kier molecular flexibility index (Phi) is 5.03. The summed E-state index contributed by atoms with van der Waals surface area (Å²) in [5.74, 6) is 1.64. The summed E-state index contributed by atoms with van der Waals surface area (Å²) < 4.78 is 0. The molecule has 2 aromatic heterocycles. The van der Waals surface area contributed by atoms with Crippen molar-refractivity contribution in [2.75, 3.05) is 13.1 Å². The number of thiophene rings is 1. The largest absolute Gasteiger partial charge is 0.309 e. The summed E-state index contributed by atoms with van der Waals surface area (Å²) in [6, 6.07) is 10.8. The Morgan fingerprint density at radius 1 is 1.14 bits per heavy atom. The number of likely N-dealkylation sites (tertiary alicyclic amines) is 1. The van der Waals surface area contributed by atoms with E-state index in [1.807, 2.05) is 0 Å². The second-order valence-electron chi connectivity index (χ2n) is 8.29. The molecular formula is C23H27N3OS. The maximum atomic E-state index is 12.6. The van der Waals surface area contributed by atoms with Gasteiger partial charge in [-0.25, -0.2) is 4.98 Å². The van der Waals surface area contributed by atoms with E-state index >= 15 is 0 Å². The zero-order valence-electron chi connectivity index (χ0n) is 16.2. The molecule has 1 aromatic carbocycles. The lowest BCUT2D eigenvalue weighted by Gasteiger charge is -2.31. The maximum Gasteiger partial charge on any atom is 0.259 e. The van der Waals surface area contributed by atoms with E-state index in [-0.39, 0.29) is 5.56 Å². The summed E-state index contributed by atoms with van der Waals surface area (Å²) in [5, 5.41) is 0.862. The van der Waals surface area contributed by atoms with Crippen molar-refractivity contribution in [1.82, 2.24) is 14.9 Å². The number of aromatic amines is 1. The lowest BCUT2D eigenvalue weighted by atomic mass is 9.90. The smallest absolute Gasteiger partial charge is 0.259 e. The minimum atomic E-state index is 0.0668. The van der Waals surface area contributed by atoms with Crippen LogP contribution in [0.1, 0.15) is 47.5 Å². The van der Waals surface area contributed by atoms with Crippen LogP contribution in [0.2, 0.25) is 0 Å². The highest BCUT2D eigenvalue weighted by Gasteiger charge is 2.23. The van der Waals surface area contributed by atoms with Gasteiger partial charge in [0.1, 0.15) is 10.7 Å². The molecule has 0 saturated carbocycles. The molecule has 5 rings (SSSR count).